The number of rotatable bonds is 10. The number of nitrogens with one attached hydrogen (secondary N) is 1. The van der Waals surface area contributed by atoms with Gasteiger partial charge in [-0.05, 0) is 36.2 Å². The lowest BCUT2D eigenvalue weighted by Gasteiger charge is -2.12. The number of nitrogens with zero attached hydrogens (tertiary/aromatic N) is 2. The molecule has 1 aromatic carbocycles. The number of ketones is 1. The third-order valence-electron chi connectivity index (χ3n) is 4.21. The van der Waals surface area contributed by atoms with Crippen LogP contribution in [0.2, 0.25) is 0 Å². The minimum atomic E-state index is -3.97. The van der Waals surface area contributed by atoms with Gasteiger partial charge in [0.25, 0.3) is 10.0 Å². The highest BCUT2D eigenvalue weighted by molar-refractivity contribution is 7.92. The Kier molecular flexibility index (Phi) is 8.09. The van der Waals surface area contributed by atoms with E-state index >= 15 is 0 Å². The van der Waals surface area contributed by atoms with Crippen molar-refractivity contribution in [2.45, 2.75) is 37.6 Å². The van der Waals surface area contributed by atoms with E-state index in [-0.39, 0.29) is 59.3 Å². The standard InChI is InChI=1S/C21H23N3O5S/c1-2-4-19(26)18(20(27)9-10-25)12-15-5-3-6-17(11-15)24-30(28,29)21-8-7-16(13-22)14-23-21/h3,5-8,11,14,24-25,27H,2,4,9-10,12H2,1H3/b20-18+. The Morgan fingerprint density at radius 2 is 2.00 bits per heavy atom. The first-order valence-electron chi connectivity index (χ1n) is 9.33. The number of aromatic nitrogens is 1. The molecule has 0 aliphatic heterocycles. The fourth-order valence-electron chi connectivity index (χ4n) is 2.76. The van der Waals surface area contributed by atoms with Crippen molar-refractivity contribution in [3.63, 3.8) is 0 Å². The predicted molar refractivity (Wildman–Crippen MR) is 111 cm³/mol. The summed E-state index contributed by atoms with van der Waals surface area (Å²) in [6.07, 6.45) is 2.13. The lowest BCUT2D eigenvalue weighted by Crippen LogP contribution is -2.15. The molecule has 0 aliphatic carbocycles. The molecule has 3 N–H and O–H groups in total. The molecule has 158 valence electrons. The van der Waals surface area contributed by atoms with Gasteiger partial charge in [-0.15, -0.1) is 0 Å². The van der Waals surface area contributed by atoms with E-state index in [2.05, 4.69) is 9.71 Å². The summed E-state index contributed by atoms with van der Waals surface area (Å²) < 4.78 is 27.5. The van der Waals surface area contributed by atoms with Crippen LogP contribution in [-0.4, -0.2) is 36.0 Å². The van der Waals surface area contributed by atoms with Gasteiger partial charge in [-0.1, -0.05) is 19.1 Å². The van der Waals surface area contributed by atoms with Crippen LogP contribution in [-0.2, 0) is 21.2 Å². The lowest BCUT2D eigenvalue weighted by molar-refractivity contribution is -0.115. The summed E-state index contributed by atoms with van der Waals surface area (Å²) in [6.45, 7) is 1.57. The van der Waals surface area contributed by atoms with Crippen molar-refractivity contribution in [2.75, 3.05) is 11.3 Å². The summed E-state index contributed by atoms with van der Waals surface area (Å²) in [4.78, 5) is 16.2. The predicted octanol–water partition coefficient (Wildman–Crippen LogP) is 2.86. The van der Waals surface area contributed by atoms with Crippen LogP contribution in [0.15, 0.2) is 59.0 Å². The molecule has 0 saturated heterocycles. The van der Waals surface area contributed by atoms with E-state index in [1.165, 1.54) is 18.3 Å². The van der Waals surface area contributed by atoms with Crippen molar-refractivity contribution >= 4 is 21.5 Å². The first-order chi connectivity index (χ1) is 14.3. The molecule has 0 radical (unpaired) electrons. The van der Waals surface area contributed by atoms with Gasteiger partial charge in [0.2, 0.25) is 0 Å². The molecule has 0 amide bonds. The molecule has 1 heterocycles. The van der Waals surface area contributed by atoms with Crippen molar-refractivity contribution in [3.8, 4) is 6.07 Å². The summed E-state index contributed by atoms with van der Waals surface area (Å²) in [7, 11) is -3.97. The van der Waals surface area contributed by atoms with Gasteiger partial charge in [0, 0.05) is 36.7 Å². The third-order valence-corrected chi connectivity index (χ3v) is 5.51. The second kappa shape index (κ2) is 10.5. The van der Waals surface area contributed by atoms with Crippen LogP contribution in [0.1, 0.15) is 37.3 Å². The van der Waals surface area contributed by atoms with Crippen molar-refractivity contribution in [1.82, 2.24) is 4.98 Å². The largest absolute Gasteiger partial charge is 0.512 e. The van der Waals surface area contributed by atoms with E-state index in [1.54, 1.807) is 24.3 Å². The van der Waals surface area contributed by atoms with Crippen LogP contribution in [0.5, 0.6) is 0 Å². The van der Waals surface area contributed by atoms with Crippen molar-refractivity contribution < 1.29 is 23.4 Å². The van der Waals surface area contributed by atoms with Gasteiger partial charge in [0.05, 0.1) is 12.2 Å². The van der Waals surface area contributed by atoms with Crippen molar-refractivity contribution in [1.29, 1.82) is 5.26 Å². The number of sulfonamides is 1. The van der Waals surface area contributed by atoms with E-state index in [0.717, 1.165) is 0 Å². The molecule has 0 fully saturated rings. The molecule has 0 atom stereocenters. The molecule has 2 aromatic rings. The van der Waals surface area contributed by atoms with Crippen molar-refractivity contribution in [3.05, 3.63) is 65.1 Å². The molecular weight excluding hydrogens is 406 g/mol. The molecule has 0 spiro atoms. The minimum Gasteiger partial charge on any atom is -0.512 e. The number of allylic oxidation sites excluding steroid dienone is 1. The second-order valence-corrected chi connectivity index (χ2v) is 8.18. The smallest absolute Gasteiger partial charge is 0.279 e. The Balaban J connectivity index is 2.27. The topological polar surface area (TPSA) is 140 Å². The maximum atomic E-state index is 12.5. The molecule has 0 bridgehead atoms. The number of aliphatic hydroxyl groups is 2. The van der Waals surface area contributed by atoms with E-state index in [1.807, 2.05) is 13.0 Å². The average molecular weight is 429 g/mol. The average Bonchev–Trinajstić information content (AvgIpc) is 2.72. The number of hydrogen-bond acceptors (Lipinski definition) is 7. The van der Waals surface area contributed by atoms with Crippen molar-refractivity contribution in [2.24, 2.45) is 0 Å². The number of anilines is 1. The molecule has 8 nitrogen and oxygen atoms in total. The number of carbonyl (C=O) groups is 1. The SMILES string of the molecule is CCCC(=O)/C(Cc1cccc(NS(=O)(=O)c2ccc(C#N)cn2)c1)=C(/O)CCO. The summed E-state index contributed by atoms with van der Waals surface area (Å²) >= 11 is 0. The quantitative estimate of drug-likeness (QED) is 0.389. The zero-order valence-electron chi connectivity index (χ0n) is 16.5. The number of hydrogen-bond donors (Lipinski definition) is 3. The highest BCUT2D eigenvalue weighted by atomic mass is 32.2. The van der Waals surface area contributed by atoms with E-state index in [9.17, 15) is 18.3 Å². The molecule has 9 heteroatoms. The van der Waals surface area contributed by atoms with Crippen LogP contribution < -0.4 is 4.72 Å². The number of pyridine rings is 1. The number of benzene rings is 1. The molecule has 0 saturated carbocycles. The Morgan fingerprint density at radius 1 is 1.23 bits per heavy atom. The molecule has 30 heavy (non-hydrogen) atoms. The number of aliphatic hydroxyl groups excluding tert-OH is 2. The van der Waals surface area contributed by atoms with Gasteiger partial charge in [-0.3, -0.25) is 9.52 Å². The van der Waals surface area contributed by atoms with Crippen LogP contribution in [0.4, 0.5) is 5.69 Å². The van der Waals surface area contributed by atoms with Gasteiger partial charge in [-0.2, -0.15) is 13.7 Å². The van der Waals surface area contributed by atoms with Gasteiger partial charge < -0.3 is 10.2 Å². The van der Waals surface area contributed by atoms with E-state index in [4.69, 9.17) is 10.4 Å². The van der Waals surface area contributed by atoms with Gasteiger partial charge in [0.15, 0.2) is 10.8 Å². The molecular formula is C21H23N3O5S. The Labute approximate surface area is 175 Å². The minimum absolute atomic E-state index is 0.0263. The monoisotopic (exact) mass is 429 g/mol. The maximum absolute atomic E-state index is 12.5. The van der Waals surface area contributed by atoms with Crippen LogP contribution in [0, 0.1) is 11.3 Å². The second-order valence-electron chi connectivity index (χ2n) is 6.55. The molecule has 0 unspecified atom stereocenters. The maximum Gasteiger partial charge on any atom is 0.279 e. The van der Waals surface area contributed by atoms with E-state index < -0.39 is 10.0 Å². The normalized spacial score (nSPS) is 12.0. The third kappa shape index (κ3) is 6.14. The number of carbonyl (C=O) groups excluding carboxylic acids is 1. The van der Waals surface area contributed by atoms with Gasteiger partial charge in [-0.25, -0.2) is 4.98 Å². The number of nitriles is 1. The number of Topliss-reactive ketones (excluding diaryl/α,β-unsaturated/α-hetero) is 1. The summed E-state index contributed by atoms with van der Waals surface area (Å²) in [6, 6.07) is 10.9. The van der Waals surface area contributed by atoms with Crippen LogP contribution in [0.25, 0.3) is 0 Å². The zero-order chi connectivity index (χ0) is 22.1. The fraction of sp³-hybridized carbons (Fsp3) is 0.286. The Hall–Kier alpha value is -3.22. The summed E-state index contributed by atoms with van der Waals surface area (Å²) in [5, 5.41) is 27.8. The molecule has 2 rings (SSSR count). The summed E-state index contributed by atoms with van der Waals surface area (Å²) in [5.41, 5.74) is 1.34. The highest BCUT2D eigenvalue weighted by Crippen LogP contribution is 2.21. The van der Waals surface area contributed by atoms with Gasteiger partial charge >= 0.3 is 0 Å². The first-order valence-corrected chi connectivity index (χ1v) is 10.8. The first kappa shape index (κ1) is 23.1. The molecule has 1 aromatic heterocycles. The fourth-order valence-corrected chi connectivity index (χ4v) is 3.74. The Bertz CT molecular complexity index is 1070. The van der Waals surface area contributed by atoms with Crippen LogP contribution >= 0.6 is 0 Å². The zero-order valence-corrected chi connectivity index (χ0v) is 17.3. The Morgan fingerprint density at radius 3 is 2.60 bits per heavy atom. The lowest BCUT2D eigenvalue weighted by atomic mass is 9.97. The summed E-state index contributed by atoms with van der Waals surface area (Å²) in [5.74, 6) is -0.375. The van der Waals surface area contributed by atoms with Crippen LogP contribution in [0.3, 0.4) is 0 Å². The van der Waals surface area contributed by atoms with Gasteiger partial charge in [0.1, 0.15) is 11.8 Å². The molecule has 0 aliphatic rings. The highest BCUT2D eigenvalue weighted by Gasteiger charge is 2.18. The van der Waals surface area contributed by atoms with E-state index in [0.29, 0.717) is 12.0 Å².